The molecule has 0 aliphatic heterocycles. The van der Waals surface area contributed by atoms with Gasteiger partial charge in [-0.3, -0.25) is 14.2 Å². The van der Waals surface area contributed by atoms with Crippen molar-refractivity contribution in [1.29, 1.82) is 0 Å². The van der Waals surface area contributed by atoms with E-state index in [9.17, 15) is 18.0 Å². The zero-order valence-corrected chi connectivity index (χ0v) is 19.3. The Morgan fingerprint density at radius 2 is 1.81 bits per heavy atom. The van der Waals surface area contributed by atoms with Gasteiger partial charge in [-0.25, -0.2) is 13.6 Å². The van der Waals surface area contributed by atoms with Crippen LogP contribution in [0.15, 0.2) is 58.2 Å². The number of unbranched alkanes of at least 4 members (excludes halogenated alkanes) is 2. The number of rotatable bonds is 9. The van der Waals surface area contributed by atoms with Crippen LogP contribution in [0.2, 0.25) is 0 Å². The van der Waals surface area contributed by atoms with E-state index in [0.29, 0.717) is 29.5 Å². The molecule has 1 heterocycles. The lowest BCUT2D eigenvalue weighted by molar-refractivity contribution is -0.121. The number of aromatic nitrogens is 2. The summed E-state index contributed by atoms with van der Waals surface area (Å²) in [6, 6.07) is 13.1. The molecule has 4 N–H and O–H groups in total. The molecule has 0 saturated carbocycles. The molecule has 1 atom stereocenters. The van der Waals surface area contributed by atoms with Crippen LogP contribution in [0.1, 0.15) is 44.2 Å². The maximum Gasteiger partial charge on any atom is 0.262 e. The maximum atomic E-state index is 12.6. The van der Waals surface area contributed by atoms with Crippen LogP contribution in [-0.4, -0.2) is 23.9 Å². The Hall–Kier alpha value is -2.82. The number of sulfonamides is 1. The summed E-state index contributed by atoms with van der Waals surface area (Å²) in [6.07, 6.45) is 2.55. The molecule has 3 rings (SSSR count). The first kappa shape index (κ1) is 23.8. The van der Waals surface area contributed by atoms with Crippen LogP contribution in [0.4, 0.5) is 0 Å². The number of para-hydroxylation sites is 1. The molecular weight excluding hydrogens is 448 g/mol. The van der Waals surface area contributed by atoms with Crippen molar-refractivity contribution in [3.8, 4) is 0 Å². The fourth-order valence-electron chi connectivity index (χ4n) is 3.48. The van der Waals surface area contributed by atoms with E-state index in [0.717, 1.165) is 23.9 Å². The molecule has 0 spiro atoms. The Balaban J connectivity index is 1.46. The van der Waals surface area contributed by atoms with Crippen molar-refractivity contribution in [2.45, 2.75) is 50.1 Å². The number of nitrogens with one attached hydrogen (secondary N) is 2. The van der Waals surface area contributed by atoms with Gasteiger partial charge in [-0.1, -0.05) is 30.7 Å². The normalized spacial score (nSPS) is 12.6. The molecule has 0 fully saturated rings. The molecule has 2 aromatic carbocycles. The molecular formula is C22H26N4O4S2. The third kappa shape index (κ3) is 5.90. The first-order valence-corrected chi connectivity index (χ1v) is 12.3. The number of nitrogens with two attached hydrogens (primary N) is 1. The van der Waals surface area contributed by atoms with Gasteiger partial charge in [0.15, 0.2) is 4.77 Å². The van der Waals surface area contributed by atoms with Crippen molar-refractivity contribution in [1.82, 2.24) is 14.9 Å². The number of hydrogen-bond donors (Lipinski definition) is 3. The first-order valence-electron chi connectivity index (χ1n) is 10.3. The number of primary sulfonamides is 1. The number of fused-ring (bicyclic) bond motifs is 1. The highest BCUT2D eigenvalue weighted by molar-refractivity contribution is 7.89. The topological polar surface area (TPSA) is 127 Å². The van der Waals surface area contributed by atoms with E-state index < -0.39 is 10.0 Å². The second-order valence-electron chi connectivity index (χ2n) is 7.65. The molecule has 10 heteroatoms. The van der Waals surface area contributed by atoms with Gasteiger partial charge in [-0.05, 0) is 61.8 Å². The van der Waals surface area contributed by atoms with Gasteiger partial charge in [0.2, 0.25) is 15.9 Å². The van der Waals surface area contributed by atoms with Crippen LogP contribution in [0.25, 0.3) is 10.9 Å². The fourth-order valence-corrected chi connectivity index (χ4v) is 4.28. The highest BCUT2D eigenvalue weighted by Crippen LogP contribution is 2.16. The van der Waals surface area contributed by atoms with Crippen molar-refractivity contribution in [3.63, 3.8) is 0 Å². The monoisotopic (exact) mass is 474 g/mol. The zero-order chi connectivity index (χ0) is 23.3. The molecule has 1 unspecified atom stereocenters. The quantitative estimate of drug-likeness (QED) is 0.324. The highest BCUT2D eigenvalue weighted by Gasteiger charge is 2.12. The molecule has 170 valence electrons. The van der Waals surface area contributed by atoms with Crippen LogP contribution >= 0.6 is 12.2 Å². The van der Waals surface area contributed by atoms with Gasteiger partial charge >= 0.3 is 0 Å². The number of carbonyl (C=O) groups is 1. The summed E-state index contributed by atoms with van der Waals surface area (Å²) in [5, 5.41) is 8.61. The second kappa shape index (κ2) is 10.2. The average molecular weight is 475 g/mol. The average Bonchev–Trinajstić information content (AvgIpc) is 2.75. The predicted octanol–water partition coefficient (Wildman–Crippen LogP) is 3.14. The standard InChI is InChI=1S/C22H26N4O4S2/c1-15(16-10-12-17(13-11-16)32(23,29)30)24-20(27)9-3-2-6-14-26-21(28)18-7-4-5-8-19(18)25-22(26)31/h4-5,7-8,10-13,15H,2-3,6,9,14H2,1H3,(H,24,27)(H,25,31)(H2,23,29,30). The van der Waals surface area contributed by atoms with Gasteiger partial charge in [-0.2, -0.15) is 0 Å². The van der Waals surface area contributed by atoms with Gasteiger partial charge in [0.1, 0.15) is 0 Å². The van der Waals surface area contributed by atoms with E-state index in [2.05, 4.69) is 10.3 Å². The lowest BCUT2D eigenvalue weighted by Gasteiger charge is -2.15. The molecule has 0 aliphatic carbocycles. The Kier molecular flexibility index (Phi) is 7.60. The number of H-pyrrole nitrogens is 1. The molecule has 8 nitrogen and oxygen atoms in total. The van der Waals surface area contributed by atoms with Gasteiger partial charge in [0, 0.05) is 13.0 Å². The lowest BCUT2D eigenvalue weighted by Crippen LogP contribution is -2.26. The van der Waals surface area contributed by atoms with Crippen LogP contribution in [-0.2, 0) is 21.4 Å². The largest absolute Gasteiger partial charge is 0.350 e. The summed E-state index contributed by atoms with van der Waals surface area (Å²) >= 11 is 5.31. The predicted molar refractivity (Wildman–Crippen MR) is 126 cm³/mol. The van der Waals surface area contributed by atoms with Crippen LogP contribution in [0, 0.1) is 4.77 Å². The Morgan fingerprint density at radius 1 is 1.12 bits per heavy atom. The first-order chi connectivity index (χ1) is 15.2. The van der Waals surface area contributed by atoms with Crippen molar-refractivity contribution in [2.75, 3.05) is 0 Å². The van der Waals surface area contributed by atoms with E-state index in [1.54, 1.807) is 22.8 Å². The van der Waals surface area contributed by atoms with Crippen molar-refractivity contribution in [3.05, 3.63) is 69.2 Å². The molecule has 0 bridgehead atoms. The minimum atomic E-state index is -3.74. The number of amides is 1. The number of benzene rings is 2. The summed E-state index contributed by atoms with van der Waals surface area (Å²) < 4.78 is 24.6. The maximum absolute atomic E-state index is 12.6. The number of nitrogens with zero attached hydrogens (tertiary/aromatic N) is 1. The minimum absolute atomic E-state index is 0.0325. The van der Waals surface area contributed by atoms with Gasteiger partial charge in [-0.15, -0.1) is 0 Å². The second-order valence-corrected chi connectivity index (χ2v) is 9.59. The highest BCUT2D eigenvalue weighted by atomic mass is 32.2. The Morgan fingerprint density at radius 3 is 2.50 bits per heavy atom. The zero-order valence-electron chi connectivity index (χ0n) is 17.7. The SMILES string of the molecule is CC(NC(=O)CCCCCn1c(=S)[nH]c2ccccc2c1=O)c1ccc(S(N)(=O)=O)cc1. The summed E-state index contributed by atoms with van der Waals surface area (Å²) in [5.41, 5.74) is 1.41. The van der Waals surface area contributed by atoms with E-state index in [1.807, 2.05) is 25.1 Å². The number of aromatic amines is 1. The van der Waals surface area contributed by atoms with Crippen molar-refractivity contribution >= 4 is 39.1 Å². The molecule has 0 saturated heterocycles. The van der Waals surface area contributed by atoms with Gasteiger partial charge in [0.25, 0.3) is 5.56 Å². The number of hydrogen-bond acceptors (Lipinski definition) is 5. The molecule has 32 heavy (non-hydrogen) atoms. The third-order valence-corrected chi connectivity index (χ3v) is 6.51. The van der Waals surface area contributed by atoms with E-state index >= 15 is 0 Å². The van der Waals surface area contributed by atoms with Gasteiger partial charge in [0.05, 0.1) is 21.8 Å². The van der Waals surface area contributed by atoms with Gasteiger partial charge < -0.3 is 10.3 Å². The Bertz CT molecular complexity index is 1330. The molecule has 3 aromatic rings. The van der Waals surface area contributed by atoms with Crippen LogP contribution in [0.3, 0.4) is 0 Å². The third-order valence-electron chi connectivity index (χ3n) is 5.26. The number of carbonyl (C=O) groups excluding carboxylic acids is 1. The Labute approximate surface area is 191 Å². The summed E-state index contributed by atoms with van der Waals surface area (Å²) in [7, 11) is -3.74. The van der Waals surface area contributed by atoms with E-state index in [4.69, 9.17) is 17.4 Å². The fraction of sp³-hybridized carbons (Fsp3) is 0.318. The van der Waals surface area contributed by atoms with Crippen LogP contribution in [0.5, 0.6) is 0 Å². The summed E-state index contributed by atoms with van der Waals surface area (Å²) in [4.78, 5) is 28.0. The molecule has 0 radical (unpaired) electrons. The summed E-state index contributed by atoms with van der Waals surface area (Å²) in [5.74, 6) is -0.0896. The summed E-state index contributed by atoms with van der Waals surface area (Å²) in [6.45, 7) is 2.32. The van der Waals surface area contributed by atoms with Crippen molar-refractivity contribution < 1.29 is 13.2 Å². The lowest BCUT2D eigenvalue weighted by atomic mass is 10.1. The van der Waals surface area contributed by atoms with E-state index in [-0.39, 0.29) is 22.4 Å². The van der Waals surface area contributed by atoms with Crippen LogP contribution < -0.4 is 16.0 Å². The molecule has 1 amide bonds. The smallest absolute Gasteiger partial charge is 0.262 e. The minimum Gasteiger partial charge on any atom is -0.350 e. The molecule has 1 aromatic heterocycles. The van der Waals surface area contributed by atoms with E-state index in [1.165, 1.54) is 12.1 Å². The molecule has 0 aliphatic rings. The van der Waals surface area contributed by atoms with Crippen molar-refractivity contribution in [2.24, 2.45) is 5.14 Å².